The summed E-state index contributed by atoms with van der Waals surface area (Å²) >= 11 is 0. The molecule has 1 aliphatic carbocycles. The zero-order chi connectivity index (χ0) is 14.8. The lowest BCUT2D eigenvalue weighted by molar-refractivity contribution is -0.137. The van der Waals surface area contributed by atoms with Crippen molar-refractivity contribution in [1.29, 1.82) is 0 Å². The minimum Gasteiger partial charge on any atom is -0.352 e. The summed E-state index contributed by atoms with van der Waals surface area (Å²) in [4.78, 5) is 11.9. The van der Waals surface area contributed by atoms with E-state index in [-0.39, 0.29) is 5.56 Å². The van der Waals surface area contributed by atoms with Crippen molar-refractivity contribution >= 4 is 11.6 Å². The van der Waals surface area contributed by atoms with Crippen LogP contribution in [0.25, 0.3) is 0 Å². The van der Waals surface area contributed by atoms with Crippen LogP contribution in [0.3, 0.4) is 0 Å². The molecule has 0 aromatic heterocycles. The van der Waals surface area contributed by atoms with Gasteiger partial charge >= 0.3 is 6.18 Å². The first-order chi connectivity index (χ1) is 9.43. The van der Waals surface area contributed by atoms with Gasteiger partial charge < -0.3 is 10.7 Å². The van der Waals surface area contributed by atoms with E-state index in [1.165, 1.54) is 12.1 Å². The fourth-order valence-electron chi connectivity index (χ4n) is 2.02. The molecule has 4 nitrogen and oxygen atoms in total. The number of hydrazine groups is 1. The minimum atomic E-state index is -4.56. The molecule has 1 aromatic rings. The molecule has 1 aliphatic rings. The molecule has 4 N–H and O–H groups in total. The van der Waals surface area contributed by atoms with Crippen LogP contribution in [0.1, 0.15) is 35.2 Å². The van der Waals surface area contributed by atoms with Gasteiger partial charge in [0.15, 0.2) is 0 Å². The van der Waals surface area contributed by atoms with Crippen LogP contribution in [0, 0.1) is 5.92 Å². The Hall–Kier alpha value is -1.76. The number of benzene rings is 1. The molecule has 0 aliphatic heterocycles. The van der Waals surface area contributed by atoms with Crippen molar-refractivity contribution in [2.45, 2.75) is 25.4 Å². The first kappa shape index (κ1) is 14.6. The lowest BCUT2D eigenvalue weighted by atomic mass is 10.1. The van der Waals surface area contributed by atoms with Crippen LogP contribution in [-0.4, -0.2) is 12.5 Å². The molecule has 0 heterocycles. The van der Waals surface area contributed by atoms with Crippen molar-refractivity contribution in [1.82, 2.24) is 5.32 Å². The Balaban J connectivity index is 2.14. The summed E-state index contributed by atoms with van der Waals surface area (Å²) < 4.78 is 38.5. The Bertz CT molecular complexity index is 498. The van der Waals surface area contributed by atoms with Gasteiger partial charge in [-0.2, -0.15) is 13.2 Å². The average molecular weight is 287 g/mol. The zero-order valence-electron chi connectivity index (χ0n) is 10.8. The van der Waals surface area contributed by atoms with Crippen molar-refractivity contribution in [3.05, 3.63) is 29.3 Å². The number of hydrogen-bond donors (Lipinski definition) is 3. The highest BCUT2D eigenvalue weighted by Crippen LogP contribution is 2.36. The molecular weight excluding hydrogens is 271 g/mol. The number of carbonyl (C=O) groups excluding carboxylic acids is 1. The monoisotopic (exact) mass is 287 g/mol. The van der Waals surface area contributed by atoms with E-state index in [2.05, 4.69) is 5.32 Å². The van der Waals surface area contributed by atoms with Crippen molar-refractivity contribution in [3.63, 3.8) is 0 Å². The number of nitrogens with two attached hydrogens (primary N) is 1. The third-order valence-electron chi connectivity index (χ3n) is 3.29. The quantitative estimate of drug-likeness (QED) is 0.576. The second-order valence-electron chi connectivity index (χ2n) is 4.86. The van der Waals surface area contributed by atoms with Crippen molar-refractivity contribution in [3.8, 4) is 0 Å². The normalized spacial score (nSPS) is 15.0. The van der Waals surface area contributed by atoms with Gasteiger partial charge in [-0.25, -0.2) is 0 Å². The van der Waals surface area contributed by atoms with Crippen LogP contribution in [0.5, 0.6) is 0 Å². The maximum Gasteiger partial charge on any atom is 0.418 e. The number of carbonyl (C=O) groups is 1. The van der Waals surface area contributed by atoms with E-state index in [1.54, 1.807) is 0 Å². The fourth-order valence-corrected chi connectivity index (χ4v) is 2.02. The van der Waals surface area contributed by atoms with Gasteiger partial charge in [0.05, 0.1) is 16.8 Å². The Kier molecular flexibility index (Phi) is 4.17. The summed E-state index contributed by atoms with van der Waals surface area (Å²) in [7, 11) is 0. The van der Waals surface area contributed by atoms with Gasteiger partial charge in [-0.05, 0) is 24.5 Å². The molecule has 0 unspecified atom stereocenters. The van der Waals surface area contributed by atoms with E-state index >= 15 is 0 Å². The van der Waals surface area contributed by atoms with Crippen molar-refractivity contribution in [2.75, 3.05) is 12.0 Å². The number of anilines is 1. The SMILES string of the molecule is NNc1c(C(=O)NCCC2CC2)cccc1C(F)(F)F. The molecule has 0 radical (unpaired) electrons. The van der Waals surface area contributed by atoms with E-state index in [0.29, 0.717) is 12.5 Å². The molecule has 1 aromatic carbocycles. The van der Waals surface area contributed by atoms with Crippen LogP contribution in [-0.2, 0) is 6.18 Å². The molecule has 2 rings (SSSR count). The first-order valence-corrected chi connectivity index (χ1v) is 6.38. The van der Waals surface area contributed by atoms with Gasteiger partial charge in [-0.3, -0.25) is 10.6 Å². The predicted molar refractivity (Wildman–Crippen MR) is 68.9 cm³/mol. The molecule has 1 fully saturated rings. The third-order valence-corrected chi connectivity index (χ3v) is 3.29. The molecule has 1 amide bonds. The van der Waals surface area contributed by atoms with E-state index in [9.17, 15) is 18.0 Å². The van der Waals surface area contributed by atoms with Crippen LogP contribution in [0.2, 0.25) is 0 Å². The Morgan fingerprint density at radius 3 is 2.60 bits per heavy atom. The van der Waals surface area contributed by atoms with Crippen LogP contribution >= 0.6 is 0 Å². The maximum absolute atomic E-state index is 12.8. The average Bonchev–Trinajstić information content (AvgIpc) is 3.20. The van der Waals surface area contributed by atoms with E-state index in [0.717, 1.165) is 25.3 Å². The number of nitrogen functional groups attached to an aromatic ring is 1. The highest BCUT2D eigenvalue weighted by atomic mass is 19.4. The van der Waals surface area contributed by atoms with Gasteiger partial charge in [-0.15, -0.1) is 0 Å². The number of halogens is 3. The predicted octanol–water partition coefficient (Wildman–Crippen LogP) is 2.52. The Labute approximate surface area is 114 Å². The Morgan fingerprint density at radius 1 is 1.35 bits per heavy atom. The molecule has 0 bridgehead atoms. The van der Waals surface area contributed by atoms with E-state index in [1.807, 2.05) is 5.43 Å². The summed E-state index contributed by atoms with van der Waals surface area (Å²) in [6.07, 6.45) is -1.38. The summed E-state index contributed by atoms with van der Waals surface area (Å²) in [5.41, 5.74) is 0.535. The van der Waals surface area contributed by atoms with Gasteiger partial charge in [-0.1, -0.05) is 18.9 Å². The smallest absolute Gasteiger partial charge is 0.352 e. The number of amides is 1. The van der Waals surface area contributed by atoms with Gasteiger partial charge in [0, 0.05) is 6.54 Å². The highest BCUT2D eigenvalue weighted by molar-refractivity contribution is 6.00. The van der Waals surface area contributed by atoms with Gasteiger partial charge in [0.25, 0.3) is 5.91 Å². The first-order valence-electron chi connectivity index (χ1n) is 6.38. The lowest BCUT2D eigenvalue weighted by Gasteiger charge is -2.16. The summed E-state index contributed by atoms with van der Waals surface area (Å²) in [5, 5.41) is 2.62. The fraction of sp³-hybridized carbons (Fsp3) is 0.462. The number of alkyl halides is 3. The topological polar surface area (TPSA) is 67.1 Å². The standard InChI is InChI=1S/C13H16F3N3O/c14-13(15,16)10-3-1-2-9(11(10)19-17)12(20)18-7-6-8-4-5-8/h1-3,8,19H,4-7,17H2,(H,18,20). The van der Waals surface area contributed by atoms with Crippen molar-refractivity contribution in [2.24, 2.45) is 11.8 Å². The molecular formula is C13H16F3N3O. The molecule has 1 saturated carbocycles. The molecule has 7 heteroatoms. The van der Waals surface area contributed by atoms with Crippen LogP contribution < -0.4 is 16.6 Å². The zero-order valence-corrected chi connectivity index (χ0v) is 10.8. The van der Waals surface area contributed by atoms with Gasteiger partial charge in [0.2, 0.25) is 0 Å². The van der Waals surface area contributed by atoms with Crippen molar-refractivity contribution < 1.29 is 18.0 Å². The van der Waals surface area contributed by atoms with E-state index in [4.69, 9.17) is 5.84 Å². The molecule has 0 atom stereocenters. The number of rotatable bonds is 5. The molecule has 0 saturated heterocycles. The molecule has 110 valence electrons. The largest absolute Gasteiger partial charge is 0.418 e. The van der Waals surface area contributed by atoms with E-state index < -0.39 is 23.3 Å². The summed E-state index contributed by atoms with van der Waals surface area (Å²) in [6, 6.07) is 3.40. The van der Waals surface area contributed by atoms with Crippen LogP contribution in [0.15, 0.2) is 18.2 Å². The minimum absolute atomic E-state index is 0.0990. The Morgan fingerprint density at radius 2 is 2.05 bits per heavy atom. The second kappa shape index (κ2) is 5.70. The lowest BCUT2D eigenvalue weighted by Crippen LogP contribution is -2.27. The number of para-hydroxylation sites is 1. The highest BCUT2D eigenvalue weighted by Gasteiger charge is 2.35. The molecule has 0 spiro atoms. The number of hydrogen-bond acceptors (Lipinski definition) is 3. The van der Waals surface area contributed by atoms with Crippen LogP contribution in [0.4, 0.5) is 18.9 Å². The maximum atomic E-state index is 12.8. The number of nitrogens with one attached hydrogen (secondary N) is 2. The third kappa shape index (κ3) is 3.41. The molecule has 20 heavy (non-hydrogen) atoms. The van der Waals surface area contributed by atoms with Gasteiger partial charge in [0.1, 0.15) is 0 Å². The second-order valence-corrected chi connectivity index (χ2v) is 4.86. The summed E-state index contributed by atoms with van der Waals surface area (Å²) in [6.45, 7) is 0.462. The summed E-state index contributed by atoms with van der Waals surface area (Å²) in [5.74, 6) is 5.23.